The van der Waals surface area contributed by atoms with Crippen LogP contribution in [0.1, 0.15) is 59.3 Å². The second kappa shape index (κ2) is 11.8. The summed E-state index contributed by atoms with van der Waals surface area (Å²) < 4.78 is 0. The minimum atomic E-state index is 0.746. The largest absolute Gasteiger partial charge is 0.314 e. The Morgan fingerprint density at radius 2 is 1.81 bits per heavy atom. The molecule has 0 aromatic rings. The molecule has 0 spiro atoms. The van der Waals surface area contributed by atoms with Crippen molar-refractivity contribution in [3.05, 3.63) is 0 Å². The molecule has 0 heterocycles. The molecule has 16 heavy (non-hydrogen) atoms. The molecule has 98 valence electrons. The van der Waals surface area contributed by atoms with E-state index in [0.717, 1.165) is 12.0 Å². The Bertz CT molecular complexity index is 139. The normalized spacial score (nSPS) is 15.0. The van der Waals surface area contributed by atoms with Crippen molar-refractivity contribution in [3.8, 4) is 0 Å². The molecular weight excluding hydrogens is 214 g/mol. The monoisotopic (exact) mass is 245 g/mol. The van der Waals surface area contributed by atoms with Crippen molar-refractivity contribution in [2.24, 2.45) is 5.92 Å². The molecule has 0 aromatic heterocycles. The van der Waals surface area contributed by atoms with Crippen LogP contribution in [0.2, 0.25) is 0 Å². The molecule has 1 nitrogen and oxygen atoms in total. The molecule has 2 atom stereocenters. The second-order valence-electron chi connectivity index (χ2n) is 4.86. The van der Waals surface area contributed by atoms with Crippen LogP contribution < -0.4 is 5.32 Å². The number of hydrogen-bond donors (Lipinski definition) is 1. The topological polar surface area (TPSA) is 12.0 Å². The number of thioether (sulfide) groups is 1. The molecule has 0 aliphatic carbocycles. The van der Waals surface area contributed by atoms with E-state index in [1.165, 1.54) is 50.8 Å². The van der Waals surface area contributed by atoms with Gasteiger partial charge in [0.15, 0.2) is 0 Å². The predicted octanol–water partition coefficient (Wildman–Crippen LogP) is 4.32. The molecule has 0 aliphatic rings. The molecular formula is C14H31NS. The van der Waals surface area contributed by atoms with Crippen LogP contribution in [0.3, 0.4) is 0 Å². The summed E-state index contributed by atoms with van der Waals surface area (Å²) in [5, 5.41) is 3.70. The average Bonchev–Trinajstić information content (AvgIpc) is 2.31. The first kappa shape index (κ1) is 16.3. The van der Waals surface area contributed by atoms with E-state index in [4.69, 9.17) is 0 Å². The third-order valence-corrected chi connectivity index (χ3v) is 4.03. The lowest BCUT2D eigenvalue weighted by Crippen LogP contribution is -2.30. The number of unbranched alkanes of at least 4 members (excludes halogenated alkanes) is 2. The molecule has 0 radical (unpaired) electrons. The molecule has 0 rings (SSSR count). The molecule has 1 N–H and O–H groups in total. The maximum Gasteiger partial charge on any atom is 0.00669 e. The summed E-state index contributed by atoms with van der Waals surface area (Å²) in [7, 11) is 0. The average molecular weight is 245 g/mol. The van der Waals surface area contributed by atoms with Crippen molar-refractivity contribution >= 4 is 11.8 Å². The zero-order chi connectivity index (χ0) is 12.2. The zero-order valence-corrected chi connectivity index (χ0v) is 12.5. The lowest BCUT2D eigenvalue weighted by molar-refractivity contribution is 0.382. The van der Waals surface area contributed by atoms with Gasteiger partial charge in [0.1, 0.15) is 0 Å². The standard InChI is InChI=1S/C14H31NS/c1-5-13(3)12-14(6-2)15-10-8-7-9-11-16-4/h13-15H,5-12H2,1-4H3. The lowest BCUT2D eigenvalue weighted by atomic mass is 9.98. The van der Waals surface area contributed by atoms with Gasteiger partial charge in [-0.2, -0.15) is 11.8 Å². The van der Waals surface area contributed by atoms with E-state index in [9.17, 15) is 0 Å². The molecule has 0 saturated carbocycles. The van der Waals surface area contributed by atoms with Crippen LogP contribution in [0.4, 0.5) is 0 Å². The minimum absolute atomic E-state index is 0.746. The van der Waals surface area contributed by atoms with E-state index >= 15 is 0 Å². The Hall–Kier alpha value is 0.310. The minimum Gasteiger partial charge on any atom is -0.314 e. The SMILES string of the molecule is CCC(C)CC(CC)NCCCCCSC. The van der Waals surface area contributed by atoms with Gasteiger partial charge in [-0.15, -0.1) is 0 Å². The van der Waals surface area contributed by atoms with Crippen molar-refractivity contribution in [1.29, 1.82) is 0 Å². The molecule has 0 aromatic carbocycles. The number of hydrogen-bond acceptors (Lipinski definition) is 2. The fourth-order valence-electron chi connectivity index (χ4n) is 1.90. The quantitative estimate of drug-likeness (QED) is 0.544. The summed E-state index contributed by atoms with van der Waals surface area (Å²) in [6.45, 7) is 8.17. The van der Waals surface area contributed by atoms with Crippen LogP contribution in [-0.4, -0.2) is 24.6 Å². The van der Waals surface area contributed by atoms with Gasteiger partial charge in [-0.25, -0.2) is 0 Å². The fourth-order valence-corrected chi connectivity index (χ4v) is 2.39. The molecule has 0 aliphatic heterocycles. The van der Waals surface area contributed by atoms with Crippen LogP contribution in [0.25, 0.3) is 0 Å². The lowest BCUT2D eigenvalue weighted by Gasteiger charge is -2.20. The summed E-state index contributed by atoms with van der Waals surface area (Å²) in [4.78, 5) is 0. The van der Waals surface area contributed by atoms with Crippen molar-refractivity contribution in [1.82, 2.24) is 5.32 Å². The highest BCUT2D eigenvalue weighted by molar-refractivity contribution is 7.98. The van der Waals surface area contributed by atoms with Gasteiger partial charge in [-0.1, -0.05) is 33.6 Å². The van der Waals surface area contributed by atoms with Gasteiger partial charge in [0.05, 0.1) is 0 Å². The second-order valence-corrected chi connectivity index (χ2v) is 5.85. The Kier molecular flexibility index (Phi) is 12.0. The van der Waals surface area contributed by atoms with Gasteiger partial charge in [-0.05, 0) is 50.2 Å². The smallest absolute Gasteiger partial charge is 0.00669 e. The van der Waals surface area contributed by atoms with Gasteiger partial charge in [-0.3, -0.25) is 0 Å². The molecule has 2 heteroatoms. The maximum absolute atomic E-state index is 3.70. The number of nitrogens with one attached hydrogen (secondary N) is 1. The Morgan fingerprint density at radius 3 is 2.38 bits per heavy atom. The Morgan fingerprint density at radius 1 is 1.06 bits per heavy atom. The van der Waals surface area contributed by atoms with Gasteiger partial charge < -0.3 is 5.32 Å². The maximum atomic E-state index is 3.70. The fraction of sp³-hybridized carbons (Fsp3) is 1.00. The van der Waals surface area contributed by atoms with Gasteiger partial charge in [0.25, 0.3) is 0 Å². The molecule has 0 amide bonds. The van der Waals surface area contributed by atoms with Crippen molar-refractivity contribution in [2.45, 2.75) is 65.3 Å². The van der Waals surface area contributed by atoms with Gasteiger partial charge >= 0.3 is 0 Å². The molecule has 0 bridgehead atoms. The Balaban J connectivity index is 3.40. The summed E-state index contributed by atoms with van der Waals surface area (Å²) in [5.74, 6) is 2.19. The van der Waals surface area contributed by atoms with E-state index in [2.05, 4.69) is 32.3 Å². The van der Waals surface area contributed by atoms with E-state index < -0.39 is 0 Å². The highest BCUT2D eigenvalue weighted by atomic mass is 32.2. The third-order valence-electron chi connectivity index (χ3n) is 3.33. The Labute approximate surface area is 107 Å². The van der Waals surface area contributed by atoms with Gasteiger partial charge in [0.2, 0.25) is 0 Å². The summed E-state index contributed by atoms with van der Waals surface area (Å²) in [6, 6.07) is 0.746. The van der Waals surface area contributed by atoms with Gasteiger partial charge in [0, 0.05) is 6.04 Å². The van der Waals surface area contributed by atoms with E-state index in [-0.39, 0.29) is 0 Å². The van der Waals surface area contributed by atoms with Crippen LogP contribution in [0.15, 0.2) is 0 Å². The van der Waals surface area contributed by atoms with Crippen molar-refractivity contribution in [2.75, 3.05) is 18.6 Å². The van der Waals surface area contributed by atoms with Crippen LogP contribution in [-0.2, 0) is 0 Å². The summed E-state index contributed by atoms with van der Waals surface area (Å²) >= 11 is 1.96. The first-order valence-corrected chi connectivity index (χ1v) is 8.36. The number of rotatable bonds is 11. The highest BCUT2D eigenvalue weighted by Crippen LogP contribution is 2.12. The third kappa shape index (κ3) is 9.53. The first-order chi connectivity index (χ1) is 7.74. The molecule has 0 saturated heterocycles. The van der Waals surface area contributed by atoms with E-state index in [1.54, 1.807) is 0 Å². The van der Waals surface area contributed by atoms with Crippen molar-refractivity contribution in [3.63, 3.8) is 0 Å². The molecule has 0 fully saturated rings. The molecule has 2 unspecified atom stereocenters. The van der Waals surface area contributed by atoms with Crippen LogP contribution >= 0.6 is 11.8 Å². The van der Waals surface area contributed by atoms with Crippen LogP contribution in [0, 0.1) is 5.92 Å². The summed E-state index contributed by atoms with van der Waals surface area (Å²) in [6.07, 6.45) is 10.2. The van der Waals surface area contributed by atoms with E-state index in [1.807, 2.05) is 11.8 Å². The van der Waals surface area contributed by atoms with Crippen LogP contribution in [0.5, 0.6) is 0 Å². The highest BCUT2D eigenvalue weighted by Gasteiger charge is 2.08. The summed E-state index contributed by atoms with van der Waals surface area (Å²) in [5.41, 5.74) is 0. The van der Waals surface area contributed by atoms with E-state index in [0.29, 0.717) is 0 Å². The van der Waals surface area contributed by atoms with Crippen molar-refractivity contribution < 1.29 is 0 Å². The first-order valence-electron chi connectivity index (χ1n) is 6.96. The predicted molar refractivity (Wildman–Crippen MR) is 78.4 cm³/mol. The zero-order valence-electron chi connectivity index (χ0n) is 11.7.